The standard InChI is InChI=1S/C19H23N5/c1-14-10-18(19-12-20-13-23(19)3)21-17-5-4-15(11-16(14)17)24-8-6-22(2)7-9-24/h4-5,10-13H,6-9H2,1-3H3. The van der Waals surface area contributed by atoms with E-state index in [1.54, 1.807) is 0 Å². The minimum atomic E-state index is 0.979. The van der Waals surface area contributed by atoms with Gasteiger partial charge in [-0.05, 0) is 43.8 Å². The van der Waals surface area contributed by atoms with Crippen molar-refractivity contribution in [3.63, 3.8) is 0 Å². The lowest BCUT2D eigenvalue weighted by molar-refractivity contribution is 0.313. The molecule has 3 heterocycles. The van der Waals surface area contributed by atoms with Crippen LogP contribution in [0.1, 0.15) is 5.56 Å². The summed E-state index contributed by atoms with van der Waals surface area (Å²) in [6, 6.07) is 8.80. The van der Waals surface area contributed by atoms with Gasteiger partial charge in [0.25, 0.3) is 0 Å². The third kappa shape index (κ3) is 2.65. The number of piperazine rings is 1. The summed E-state index contributed by atoms with van der Waals surface area (Å²) in [5, 5.41) is 1.23. The lowest BCUT2D eigenvalue weighted by atomic mass is 10.1. The second-order valence-corrected chi connectivity index (χ2v) is 6.71. The van der Waals surface area contributed by atoms with E-state index in [1.165, 1.54) is 16.6 Å². The van der Waals surface area contributed by atoms with E-state index in [4.69, 9.17) is 4.98 Å². The van der Waals surface area contributed by atoms with Crippen LogP contribution >= 0.6 is 0 Å². The van der Waals surface area contributed by atoms with Crippen LogP contribution in [0.4, 0.5) is 5.69 Å². The average Bonchev–Trinajstić information content (AvgIpc) is 3.01. The molecule has 0 amide bonds. The highest BCUT2D eigenvalue weighted by atomic mass is 15.2. The molecule has 2 aromatic heterocycles. The van der Waals surface area contributed by atoms with Gasteiger partial charge in [0.2, 0.25) is 0 Å². The number of imidazole rings is 1. The topological polar surface area (TPSA) is 37.2 Å². The molecule has 24 heavy (non-hydrogen) atoms. The molecule has 0 radical (unpaired) electrons. The number of nitrogens with zero attached hydrogens (tertiary/aromatic N) is 5. The Morgan fingerprint density at radius 3 is 2.50 bits per heavy atom. The quantitative estimate of drug-likeness (QED) is 0.727. The van der Waals surface area contributed by atoms with Gasteiger partial charge in [0.1, 0.15) is 0 Å². The van der Waals surface area contributed by atoms with E-state index in [2.05, 4.69) is 53.0 Å². The Kier molecular flexibility index (Phi) is 3.73. The van der Waals surface area contributed by atoms with Gasteiger partial charge in [0, 0.05) is 44.3 Å². The summed E-state index contributed by atoms with van der Waals surface area (Å²) in [7, 11) is 4.19. The van der Waals surface area contributed by atoms with Crippen LogP contribution in [0.2, 0.25) is 0 Å². The smallest absolute Gasteiger partial charge is 0.0948 e. The van der Waals surface area contributed by atoms with Crippen LogP contribution in [0.5, 0.6) is 0 Å². The molecule has 5 heteroatoms. The molecule has 1 aromatic carbocycles. The van der Waals surface area contributed by atoms with Gasteiger partial charge in [-0.15, -0.1) is 0 Å². The number of fused-ring (bicyclic) bond motifs is 1. The second-order valence-electron chi connectivity index (χ2n) is 6.71. The van der Waals surface area contributed by atoms with Gasteiger partial charge in [0.15, 0.2) is 0 Å². The number of rotatable bonds is 2. The monoisotopic (exact) mass is 321 g/mol. The molecule has 3 aromatic rings. The number of pyridine rings is 1. The zero-order valence-corrected chi connectivity index (χ0v) is 14.5. The Bertz CT molecular complexity index is 875. The first kappa shape index (κ1) is 15.1. The van der Waals surface area contributed by atoms with Gasteiger partial charge < -0.3 is 14.4 Å². The lowest BCUT2D eigenvalue weighted by Gasteiger charge is -2.34. The van der Waals surface area contributed by atoms with Crippen LogP contribution in [0.15, 0.2) is 36.8 Å². The van der Waals surface area contributed by atoms with Crippen molar-refractivity contribution in [2.45, 2.75) is 6.92 Å². The summed E-state index contributed by atoms with van der Waals surface area (Å²) in [5.74, 6) is 0. The molecule has 0 saturated carbocycles. The van der Waals surface area contributed by atoms with Gasteiger partial charge in [-0.25, -0.2) is 9.97 Å². The van der Waals surface area contributed by atoms with Crippen LogP contribution in [-0.4, -0.2) is 52.7 Å². The van der Waals surface area contributed by atoms with Crippen molar-refractivity contribution < 1.29 is 0 Å². The van der Waals surface area contributed by atoms with Gasteiger partial charge in [-0.2, -0.15) is 0 Å². The van der Waals surface area contributed by atoms with E-state index in [1.807, 2.05) is 24.1 Å². The highest BCUT2D eigenvalue weighted by Gasteiger charge is 2.15. The van der Waals surface area contributed by atoms with E-state index in [0.29, 0.717) is 0 Å². The third-order valence-corrected chi connectivity index (χ3v) is 4.95. The summed E-state index contributed by atoms with van der Waals surface area (Å²) in [6.07, 6.45) is 3.68. The van der Waals surface area contributed by atoms with Gasteiger partial charge in [-0.3, -0.25) is 0 Å². The van der Waals surface area contributed by atoms with Crippen molar-refractivity contribution in [3.05, 3.63) is 42.4 Å². The summed E-state index contributed by atoms with van der Waals surface area (Å²) in [6.45, 7) is 6.57. The maximum Gasteiger partial charge on any atom is 0.0948 e. The van der Waals surface area contributed by atoms with Crippen LogP contribution in [-0.2, 0) is 7.05 Å². The van der Waals surface area contributed by atoms with Gasteiger partial charge >= 0.3 is 0 Å². The Balaban J connectivity index is 1.73. The van der Waals surface area contributed by atoms with E-state index in [-0.39, 0.29) is 0 Å². The second kappa shape index (κ2) is 5.91. The Morgan fingerprint density at radius 1 is 1.00 bits per heavy atom. The zero-order chi connectivity index (χ0) is 16.7. The maximum absolute atomic E-state index is 4.85. The third-order valence-electron chi connectivity index (χ3n) is 4.95. The van der Waals surface area contributed by atoms with E-state index < -0.39 is 0 Å². The number of aryl methyl sites for hydroxylation is 2. The number of aromatic nitrogens is 3. The Labute approximate surface area is 142 Å². The maximum atomic E-state index is 4.85. The highest BCUT2D eigenvalue weighted by molar-refractivity contribution is 5.87. The van der Waals surface area contributed by atoms with Crippen molar-refractivity contribution in [1.82, 2.24) is 19.4 Å². The van der Waals surface area contributed by atoms with Gasteiger partial charge in [0.05, 0.1) is 29.4 Å². The van der Waals surface area contributed by atoms with E-state index in [0.717, 1.165) is 43.1 Å². The number of hydrogen-bond acceptors (Lipinski definition) is 4. The first-order valence-electron chi connectivity index (χ1n) is 8.43. The molecule has 0 N–H and O–H groups in total. The molecule has 5 nitrogen and oxygen atoms in total. The number of hydrogen-bond donors (Lipinski definition) is 0. The van der Waals surface area contributed by atoms with E-state index >= 15 is 0 Å². The van der Waals surface area contributed by atoms with Crippen LogP contribution in [0, 0.1) is 6.92 Å². The number of benzene rings is 1. The Morgan fingerprint density at radius 2 is 1.79 bits per heavy atom. The molecule has 4 rings (SSSR count). The van der Waals surface area contributed by atoms with E-state index in [9.17, 15) is 0 Å². The average molecular weight is 321 g/mol. The number of anilines is 1. The molecule has 0 unspecified atom stereocenters. The van der Waals surface area contributed by atoms with Gasteiger partial charge in [-0.1, -0.05) is 0 Å². The van der Waals surface area contributed by atoms with Crippen molar-refractivity contribution in [3.8, 4) is 11.4 Å². The van der Waals surface area contributed by atoms with Crippen LogP contribution in [0.3, 0.4) is 0 Å². The molecular formula is C19H23N5. The molecule has 0 atom stereocenters. The van der Waals surface area contributed by atoms with Crippen LogP contribution in [0.25, 0.3) is 22.3 Å². The fraction of sp³-hybridized carbons (Fsp3) is 0.368. The molecule has 1 saturated heterocycles. The molecule has 1 fully saturated rings. The molecule has 1 aliphatic heterocycles. The summed E-state index contributed by atoms with van der Waals surface area (Å²) >= 11 is 0. The van der Waals surface area contributed by atoms with Crippen molar-refractivity contribution in [2.24, 2.45) is 7.05 Å². The normalized spacial score (nSPS) is 16.0. The minimum absolute atomic E-state index is 0.979. The molecule has 124 valence electrons. The predicted octanol–water partition coefficient (Wildman–Crippen LogP) is 2.70. The first-order chi connectivity index (χ1) is 11.6. The summed E-state index contributed by atoms with van der Waals surface area (Å²) < 4.78 is 2.01. The minimum Gasteiger partial charge on any atom is -0.369 e. The van der Waals surface area contributed by atoms with Crippen molar-refractivity contribution in [1.29, 1.82) is 0 Å². The van der Waals surface area contributed by atoms with Crippen LogP contribution < -0.4 is 4.90 Å². The fourth-order valence-corrected chi connectivity index (χ4v) is 3.38. The first-order valence-corrected chi connectivity index (χ1v) is 8.43. The fourth-order valence-electron chi connectivity index (χ4n) is 3.38. The molecule has 0 spiro atoms. The summed E-state index contributed by atoms with van der Waals surface area (Å²) in [4.78, 5) is 13.9. The lowest BCUT2D eigenvalue weighted by Crippen LogP contribution is -2.44. The van der Waals surface area contributed by atoms with Crippen molar-refractivity contribution >= 4 is 16.6 Å². The van der Waals surface area contributed by atoms with Crippen molar-refractivity contribution in [2.75, 3.05) is 38.1 Å². The zero-order valence-electron chi connectivity index (χ0n) is 14.5. The largest absolute Gasteiger partial charge is 0.369 e. The highest BCUT2D eigenvalue weighted by Crippen LogP contribution is 2.28. The predicted molar refractivity (Wildman–Crippen MR) is 98.4 cm³/mol. The molecule has 0 aliphatic carbocycles. The SMILES string of the molecule is Cc1cc(-c2cncn2C)nc2ccc(N3CCN(C)CC3)cc12. The Hall–Kier alpha value is -2.40. The molecular weight excluding hydrogens is 298 g/mol. The molecule has 1 aliphatic rings. The summed E-state index contributed by atoms with van der Waals surface area (Å²) in [5.41, 5.74) is 5.63. The molecule has 0 bridgehead atoms. The number of likely N-dealkylation sites (N-methyl/N-ethyl adjacent to an activating group) is 1.